The van der Waals surface area contributed by atoms with E-state index in [2.05, 4.69) is 45.6 Å². The summed E-state index contributed by atoms with van der Waals surface area (Å²) in [7, 11) is 2.14. The molecule has 0 aliphatic carbocycles. The SMILES string of the molecule is CC1NCC(C2CCNCC2NC(=O)C2C(N)[N-]N3CC(F)CNC23)N1C. The maximum absolute atomic E-state index is 13.6. The van der Waals surface area contributed by atoms with Gasteiger partial charge in [0, 0.05) is 38.3 Å². The van der Waals surface area contributed by atoms with E-state index in [1.165, 1.54) is 0 Å². The Kier molecular flexibility index (Phi) is 5.66. The number of alkyl halides is 1. The number of piperidine rings is 1. The Hall–Kier alpha value is -0.880. The molecule has 0 aromatic rings. The number of carbonyl (C=O) groups excluding carboxylic acids is 1. The van der Waals surface area contributed by atoms with Crippen LogP contribution < -0.4 is 27.0 Å². The van der Waals surface area contributed by atoms with Gasteiger partial charge in [0.25, 0.3) is 0 Å². The van der Waals surface area contributed by atoms with Crippen molar-refractivity contribution in [1.82, 2.24) is 31.2 Å². The van der Waals surface area contributed by atoms with Crippen LogP contribution in [0.3, 0.4) is 0 Å². The van der Waals surface area contributed by atoms with E-state index in [9.17, 15) is 9.18 Å². The number of rotatable bonds is 3. The molecule has 4 heterocycles. The first-order valence-electron chi connectivity index (χ1n) is 10.0. The van der Waals surface area contributed by atoms with Gasteiger partial charge in [-0.15, -0.1) is 0 Å². The largest absolute Gasteiger partial charge is 0.578 e. The molecule has 154 valence electrons. The highest BCUT2D eigenvalue weighted by atomic mass is 19.1. The Bertz CT molecular complexity index is 553. The number of carbonyl (C=O) groups is 1. The molecule has 0 radical (unpaired) electrons. The van der Waals surface area contributed by atoms with Crippen molar-refractivity contribution in [2.75, 3.05) is 39.8 Å². The van der Waals surface area contributed by atoms with Gasteiger partial charge in [-0.1, -0.05) is 6.17 Å². The Morgan fingerprint density at radius 1 is 1.30 bits per heavy atom. The molecule has 4 aliphatic heterocycles. The molecule has 6 N–H and O–H groups in total. The number of nitrogens with two attached hydrogens (primary N) is 1. The molecule has 0 bridgehead atoms. The highest BCUT2D eigenvalue weighted by Crippen LogP contribution is 2.32. The Balaban J connectivity index is 1.43. The minimum atomic E-state index is -0.988. The summed E-state index contributed by atoms with van der Waals surface area (Å²) in [5.74, 6) is -0.222. The van der Waals surface area contributed by atoms with Crippen molar-refractivity contribution in [3.05, 3.63) is 5.43 Å². The molecule has 0 spiro atoms. The smallest absolute Gasteiger partial charge is 0.226 e. The maximum Gasteiger partial charge on any atom is 0.226 e. The van der Waals surface area contributed by atoms with Crippen molar-refractivity contribution in [2.24, 2.45) is 17.6 Å². The zero-order chi connectivity index (χ0) is 19.1. The predicted molar refractivity (Wildman–Crippen MR) is 100 cm³/mol. The standard InChI is InChI=1S/C17H32FN8O/c1-9-21-7-13(25(9)2)11-3-4-20-6-12(11)23-17(27)14-15(19)24-26-8-10(18)5-22-16(14)26/h9-16,20-22H,3-8,19H2,1-2H3,(H,23,27)/q-1. The van der Waals surface area contributed by atoms with Crippen LogP contribution in [0, 0.1) is 11.8 Å². The number of nitrogens with one attached hydrogen (secondary N) is 4. The van der Waals surface area contributed by atoms with Gasteiger partial charge in [-0.25, -0.2) is 4.39 Å². The van der Waals surface area contributed by atoms with Gasteiger partial charge < -0.3 is 32.1 Å². The number of nitrogens with zero attached hydrogens (tertiary/aromatic N) is 3. The van der Waals surface area contributed by atoms with Crippen LogP contribution in [0.4, 0.5) is 4.39 Å². The van der Waals surface area contributed by atoms with Crippen LogP contribution in [0.2, 0.25) is 0 Å². The first-order chi connectivity index (χ1) is 13.0. The van der Waals surface area contributed by atoms with Crippen LogP contribution in [-0.4, -0.2) is 92.3 Å². The summed E-state index contributed by atoms with van der Waals surface area (Å²) in [5, 5.41) is 14.8. The quantitative estimate of drug-likeness (QED) is 0.387. The molecule has 10 heteroatoms. The molecule has 0 saturated carbocycles. The maximum atomic E-state index is 13.6. The second-order valence-corrected chi connectivity index (χ2v) is 8.29. The van der Waals surface area contributed by atoms with Crippen LogP contribution in [-0.2, 0) is 4.79 Å². The highest BCUT2D eigenvalue weighted by Gasteiger charge is 2.43. The molecule has 1 amide bonds. The minimum Gasteiger partial charge on any atom is -0.578 e. The van der Waals surface area contributed by atoms with Crippen molar-refractivity contribution in [3.63, 3.8) is 0 Å². The van der Waals surface area contributed by atoms with Crippen LogP contribution in [0.5, 0.6) is 0 Å². The fraction of sp³-hybridized carbons (Fsp3) is 0.941. The summed E-state index contributed by atoms with van der Waals surface area (Å²) in [5.41, 5.74) is 10.4. The third-order valence-corrected chi connectivity index (χ3v) is 6.66. The molecule has 4 rings (SSSR count). The lowest BCUT2D eigenvalue weighted by atomic mass is 9.85. The minimum absolute atomic E-state index is 0.0459. The Labute approximate surface area is 159 Å². The predicted octanol–water partition coefficient (Wildman–Crippen LogP) is -1.90. The van der Waals surface area contributed by atoms with Crippen molar-refractivity contribution in [3.8, 4) is 0 Å². The number of halogens is 1. The van der Waals surface area contributed by atoms with Gasteiger partial charge in [0.05, 0.1) is 18.2 Å². The second-order valence-electron chi connectivity index (χ2n) is 8.29. The average Bonchev–Trinajstić information content (AvgIpc) is 3.14. The summed E-state index contributed by atoms with van der Waals surface area (Å²) in [6.45, 7) is 5.24. The third kappa shape index (κ3) is 3.71. The third-order valence-electron chi connectivity index (χ3n) is 6.66. The normalized spacial score (nSPS) is 46.4. The second kappa shape index (κ2) is 7.86. The molecular formula is C17H32FN8O-. The number of amides is 1. The van der Waals surface area contributed by atoms with E-state index >= 15 is 0 Å². The molecule has 0 aromatic carbocycles. The van der Waals surface area contributed by atoms with Crippen molar-refractivity contribution < 1.29 is 9.18 Å². The molecule has 4 aliphatic rings. The summed E-state index contributed by atoms with van der Waals surface area (Å²) >= 11 is 0. The summed E-state index contributed by atoms with van der Waals surface area (Å²) in [6, 6.07) is 0.440. The highest BCUT2D eigenvalue weighted by molar-refractivity contribution is 5.81. The van der Waals surface area contributed by atoms with Gasteiger partial charge in [0.2, 0.25) is 5.91 Å². The zero-order valence-electron chi connectivity index (χ0n) is 16.1. The van der Waals surface area contributed by atoms with E-state index in [0.29, 0.717) is 18.1 Å². The molecule has 27 heavy (non-hydrogen) atoms. The lowest BCUT2D eigenvalue weighted by Gasteiger charge is -2.42. The van der Waals surface area contributed by atoms with E-state index in [1.807, 2.05) is 0 Å². The van der Waals surface area contributed by atoms with Gasteiger partial charge in [0.1, 0.15) is 6.17 Å². The van der Waals surface area contributed by atoms with Gasteiger partial charge in [-0.3, -0.25) is 15.0 Å². The van der Waals surface area contributed by atoms with Gasteiger partial charge >= 0.3 is 0 Å². The van der Waals surface area contributed by atoms with Gasteiger partial charge in [-0.05, 0) is 32.9 Å². The van der Waals surface area contributed by atoms with E-state index < -0.39 is 18.3 Å². The Morgan fingerprint density at radius 2 is 2.11 bits per heavy atom. The van der Waals surface area contributed by atoms with Gasteiger partial charge in [-0.2, -0.15) is 0 Å². The van der Waals surface area contributed by atoms with Crippen molar-refractivity contribution in [2.45, 2.75) is 50.1 Å². The van der Waals surface area contributed by atoms with E-state index in [4.69, 9.17) is 5.73 Å². The van der Waals surface area contributed by atoms with E-state index in [-0.39, 0.29) is 31.2 Å². The van der Waals surface area contributed by atoms with Crippen LogP contribution in [0.25, 0.3) is 5.43 Å². The molecule has 4 fully saturated rings. The molecular weight excluding hydrogens is 351 g/mol. The number of likely N-dealkylation sites (N-methyl/N-ethyl adjacent to an activating group) is 1. The molecule has 8 unspecified atom stereocenters. The molecule has 0 aromatic heterocycles. The monoisotopic (exact) mass is 383 g/mol. The van der Waals surface area contributed by atoms with Crippen molar-refractivity contribution >= 4 is 5.91 Å². The van der Waals surface area contributed by atoms with Gasteiger partial charge in [0.15, 0.2) is 0 Å². The number of hydrogen-bond donors (Lipinski definition) is 5. The van der Waals surface area contributed by atoms with Crippen LogP contribution >= 0.6 is 0 Å². The average molecular weight is 383 g/mol. The Morgan fingerprint density at radius 3 is 2.85 bits per heavy atom. The van der Waals surface area contributed by atoms with Crippen LogP contribution in [0.15, 0.2) is 0 Å². The summed E-state index contributed by atoms with van der Waals surface area (Å²) < 4.78 is 13.6. The first-order valence-corrected chi connectivity index (χ1v) is 10.0. The molecule has 4 saturated heterocycles. The van der Waals surface area contributed by atoms with E-state index in [1.54, 1.807) is 5.01 Å². The summed E-state index contributed by atoms with van der Waals surface area (Å²) in [4.78, 5) is 15.5. The van der Waals surface area contributed by atoms with Crippen LogP contribution in [0.1, 0.15) is 13.3 Å². The number of hydrogen-bond acceptors (Lipinski definition) is 7. The first kappa shape index (κ1) is 19.4. The molecule has 8 atom stereocenters. The molecule has 9 nitrogen and oxygen atoms in total. The fourth-order valence-electron chi connectivity index (χ4n) is 4.99. The van der Waals surface area contributed by atoms with Crippen molar-refractivity contribution in [1.29, 1.82) is 0 Å². The fourth-order valence-corrected chi connectivity index (χ4v) is 4.99. The topological polar surface area (TPSA) is 112 Å². The summed E-state index contributed by atoms with van der Waals surface area (Å²) in [6.07, 6.45) is -0.584. The lowest BCUT2D eigenvalue weighted by molar-refractivity contribution is -0.128. The lowest BCUT2D eigenvalue weighted by Crippen LogP contribution is -2.61. The number of fused-ring (bicyclic) bond motifs is 1. The zero-order valence-corrected chi connectivity index (χ0v) is 16.1. The van der Waals surface area contributed by atoms with E-state index in [0.717, 1.165) is 26.1 Å².